The van der Waals surface area contributed by atoms with Crippen molar-refractivity contribution in [3.8, 4) is 11.5 Å². The number of ether oxygens (including phenoxy) is 2. The molecular weight excluding hydrogens is 344 g/mol. The SMILES string of the molecule is COc1ccc(C(=O)c2ccc(OC)c(Br)c2)c(Cl)c1. The van der Waals surface area contributed by atoms with E-state index in [9.17, 15) is 4.79 Å². The van der Waals surface area contributed by atoms with Gasteiger partial charge in [-0.25, -0.2) is 0 Å². The summed E-state index contributed by atoms with van der Waals surface area (Å²) in [4.78, 5) is 12.4. The Balaban J connectivity index is 2.38. The molecule has 0 bridgehead atoms. The van der Waals surface area contributed by atoms with Crippen LogP contribution in [-0.2, 0) is 0 Å². The number of hydrogen-bond acceptors (Lipinski definition) is 3. The van der Waals surface area contributed by atoms with Crippen molar-refractivity contribution in [2.45, 2.75) is 0 Å². The highest BCUT2D eigenvalue weighted by Crippen LogP contribution is 2.29. The third-order valence-corrected chi connectivity index (χ3v) is 3.77. The number of carbonyl (C=O) groups excluding carboxylic acids is 1. The van der Waals surface area contributed by atoms with E-state index in [-0.39, 0.29) is 5.78 Å². The summed E-state index contributed by atoms with van der Waals surface area (Å²) in [6.07, 6.45) is 0. The van der Waals surface area contributed by atoms with Gasteiger partial charge in [-0.05, 0) is 52.3 Å². The van der Waals surface area contributed by atoms with Crippen LogP contribution >= 0.6 is 27.5 Å². The number of halogens is 2. The second-order valence-corrected chi connectivity index (χ2v) is 5.29. The summed E-state index contributed by atoms with van der Waals surface area (Å²) >= 11 is 9.47. The molecule has 0 aliphatic heterocycles. The fourth-order valence-corrected chi connectivity index (χ4v) is 2.57. The quantitative estimate of drug-likeness (QED) is 0.765. The molecule has 0 aliphatic carbocycles. The molecule has 0 fully saturated rings. The summed E-state index contributed by atoms with van der Waals surface area (Å²) in [5, 5.41) is 0.362. The second kappa shape index (κ2) is 6.29. The number of methoxy groups -OCH3 is 2. The first-order chi connectivity index (χ1) is 9.56. The lowest BCUT2D eigenvalue weighted by Gasteiger charge is -2.08. The van der Waals surface area contributed by atoms with Crippen LogP contribution in [0.2, 0.25) is 5.02 Å². The normalized spacial score (nSPS) is 10.2. The molecule has 0 saturated heterocycles. The van der Waals surface area contributed by atoms with Crippen molar-refractivity contribution in [2.24, 2.45) is 0 Å². The van der Waals surface area contributed by atoms with Crippen LogP contribution in [0.5, 0.6) is 11.5 Å². The zero-order valence-electron chi connectivity index (χ0n) is 10.9. The van der Waals surface area contributed by atoms with E-state index in [1.54, 1.807) is 50.6 Å². The fourth-order valence-electron chi connectivity index (χ4n) is 1.77. The number of rotatable bonds is 4. The second-order valence-electron chi connectivity index (χ2n) is 4.02. The van der Waals surface area contributed by atoms with Crippen molar-refractivity contribution in [2.75, 3.05) is 14.2 Å². The van der Waals surface area contributed by atoms with Gasteiger partial charge in [0.05, 0.1) is 23.7 Å². The van der Waals surface area contributed by atoms with Crippen LogP contribution in [0.15, 0.2) is 40.9 Å². The summed E-state index contributed by atoms with van der Waals surface area (Å²) in [7, 11) is 3.12. The van der Waals surface area contributed by atoms with Gasteiger partial charge in [-0.3, -0.25) is 4.79 Å². The van der Waals surface area contributed by atoms with Crippen LogP contribution in [0.3, 0.4) is 0 Å². The lowest BCUT2D eigenvalue weighted by Crippen LogP contribution is -2.03. The minimum absolute atomic E-state index is 0.152. The number of carbonyl (C=O) groups is 1. The molecule has 0 unspecified atom stereocenters. The van der Waals surface area contributed by atoms with E-state index in [1.165, 1.54) is 0 Å². The molecule has 20 heavy (non-hydrogen) atoms. The predicted octanol–water partition coefficient (Wildman–Crippen LogP) is 4.35. The molecule has 0 amide bonds. The highest BCUT2D eigenvalue weighted by Gasteiger charge is 2.15. The van der Waals surface area contributed by atoms with Gasteiger partial charge in [0.25, 0.3) is 0 Å². The first-order valence-corrected chi connectivity index (χ1v) is 6.95. The zero-order valence-corrected chi connectivity index (χ0v) is 13.3. The first-order valence-electron chi connectivity index (χ1n) is 5.78. The van der Waals surface area contributed by atoms with Crippen molar-refractivity contribution in [3.05, 3.63) is 57.0 Å². The third-order valence-electron chi connectivity index (χ3n) is 2.83. The standard InChI is InChI=1S/C15H12BrClO3/c1-19-10-4-5-11(13(17)8-10)15(18)9-3-6-14(20-2)12(16)7-9/h3-8H,1-2H3. The van der Waals surface area contributed by atoms with Crippen molar-refractivity contribution in [1.82, 2.24) is 0 Å². The minimum Gasteiger partial charge on any atom is -0.497 e. The molecule has 0 atom stereocenters. The molecule has 0 saturated carbocycles. The largest absolute Gasteiger partial charge is 0.497 e. The Morgan fingerprint density at radius 1 is 1.10 bits per heavy atom. The maximum atomic E-state index is 12.4. The van der Waals surface area contributed by atoms with Gasteiger partial charge in [-0.2, -0.15) is 0 Å². The van der Waals surface area contributed by atoms with Crippen molar-refractivity contribution >= 4 is 33.3 Å². The molecule has 2 aromatic rings. The predicted molar refractivity (Wildman–Crippen MR) is 82.1 cm³/mol. The molecule has 0 radical (unpaired) electrons. The highest BCUT2D eigenvalue weighted by atomic mass is 79.9. The molecule has 5 heteroatoms. The average molecular weight is 356 g/mol. The maximum Gasteiger partial charge on any atom is 0.194 e. The van der Waals surface area contributed by atoms with E-state index in [0.29, 0.717) is 27.6 Å². The zero-order chi connectivity index (χ0) is 14.7. The molecule has 0 spiro atoms. The molecule has 0 N–H and O–H groups in total. The Labute approximate surface area is 130 Å². The van der Waals surface area contributed by atoms with Crippen molar-refractivity contribution in [3.63, 3.8) is 0 Å². The summed E-state index contributed by atoms with van der Waals surface area (Å²) in [6.45, 7) is 0. The van der Waals surface area contributed by atoms with Crippen molar-refractivity contribution in [1.29, 1.82) is 0 Å². The van der Waals surface area contributed by atoms with E-state index in [1.807, 2.05) is 0 Å². The maximum absolute atomic E-state index is 12.4. The van der Waals surface area contributed by atoms with Crippen LogP contribution in [0.1, 0.15) is 15.9 Å². The average Bonchev–Trinajstić information content (AvgIpc) is 2.46. The van der Waals surface area contributed by atoms with Crippen LogP contribution in [0.4, 0.5) is 0 Å². The van der Waals surface area contributed by atoms with Crippen LogP contribution in [0, 0.1) is 0 Å². The molecule has 0 aromatic heterocycles. The lowest BCUT2D eigenvalue weighted by atomic mass is 10.0. The Bertz CT molecular complexity index is 656. The summed E-state index contributed by atoms with van der Waals surface area (Å²) in [5.74, 6) is 1.13. The van der Waals surface area contributed by atoms with E-state index < -0.39 is 0 Å². The molecular formula is C15H12BrClO3. The minimum atomic E-state index is -0.152. The molecule has 2 rings (SSSR count). The van der Waals surface area contributed by atoms with Crippen LogP contribution in [-0.4, -0.2) is 20.0 Å². The Morgan fingerprint density at radius 2 is 1.85 bits per heavy atom. The summed E-state index contributed by atoms with van der Waals surface area (Å²) in [5.41, 5.74) is 0.967. The number of ketones is 1. The molecule has 2 aromatic carbocycles. The Kier molecular flexibility index (Phi) is 4.68. The van der Waals surface area contributed by atoms with Gasteiger partial charge in [-0.15, -0.1) is 0 Å². The smallest absolute Gasteiger partial charge is 0.194 e. The first kappa shape index (κ1) is 14.9. The summed E-state index contributed by atoms with van der Waals surface area (Å²) in [6, 6.07) is 10.1. The van der Waals surface area contributed by atoms with E-state index in [0.717, 1.165) is 4.47 Å². The fraction of sp³-hybridized carbons (Fsp3) is 0.133. The highest BCUT2D eigenvalue weighted by molar-refractivity contribution is 9.10. The number of hydrogen-bond donors (Lipinski definition) is 0. The van der Waals surface area contributed by atoms with E-state index >= 15 is 0 Å². The van der Waals surface area contributed by atoms with Crippen LogP contribution in [0.25, 0.3) is 0 Å². The van der Waals surface area contributed by atoms with Gasteiger partial charge in [-0.1, -0.05) is 11.6 Å². The van der Waals surface area contributed by atoms with Gasteiger partial charge < -0.3 is 9.47 Å². The molecule has 0 aliphatic rings. The topological polar surface area (TPSA) is 35.5 Å². The monoisotopic (exact) mass is 354 g/mol. The van der Waals surface area contributed by atoms with Gasteiger partial charge in [0, 0.05) is 11.1 Å². The molecule has 3 nitrogen and oxygen atoms in total. The summed E-state index contributed by atoms with van der Waals surface area (Å²) < 4.78 is 10.9. The molecule has 0 heterocycles. The van der Waals surface area contributed by atoms with E-state index in [2.05, 4.69) is 15.9 Å². The lowest BCUT2D eigenvalue weighted by molar-refractivity contribution is 0.103. The number of benzene rings is 2. The van der Waals surface area contributed by atoms with Gasteiger partial charge >= 0.3 is 0 Å². The van der Waals surface area contributed by atoms with Gasteiger partial charge in [0.1, 0.15) is 11.5 Å². The van der Waals surface area contributed by atoms with Crippen LogP contribution < -0.4 is 9.47 Å². The van der Waals surface area contributed by atoms with Gasteiger partial charge in [0.2, 0.25) is 0 Å². The van der Waals surface area contributed by atoms with Crippen molar-refractivity contribution < 1.29 is 14.3 Å². The molecule has 104 valence electrons. The third kappa shape index (κ3) is 2.97. The van der Waals surface area contributed by atoms with Gasteiger partial charge in [0.15, 0.2) is 5.78 Å². The Morgan fingerprint density at radius 3 is 2.40 bits per heavy atom. The Hall–Kier alpha value is -1.52. The van der Waals surface area contributed by atoms with E-state index in [4.69, 9.17) is 21.1 Å².